The second kappa shape index (κ2) is 7.00. The van der Waals surface area contributed by atoms with Crippen molar-refractivity contribution in [3.8, 4) is 0 Å². The molecule has 0 fully saturated rings. The summed E-state index contributed by atoms with van der Waals surface area (Å²) in [7, 11) is 0. The summed E-state index contributed by atoms with van der Waals surface area (Å²) in [4.78, 5) is 12.8. The molecule has 0 saturated carbocycles. The van der Waals surface area contributed by atoms with E-state index < -0.39 is 0 Å². The Kier molecular flexibility index (Phi) is 5.31. The molecule has 0 saturated heterocycles. The van der Waals surface area contributed by atoms with Gasteiger partial charge in [0.05, 0.1) is 17.9 Å². The molecule has 0 aromatic carbocycles. The highest BCUT2D eigenvalue weighted by molar-refractivity contribution is 7.15. The molecule has 114 valence electrons. The standard InChI is InChI=1S/C16H24N4S/c1-5-20(10-13-8-6-7-12(4)18-13)16-19-15(11(2)3)14(9-17)21-16/h6-8,11H,5,9-10,17H2,1-4H3. The average molecular weight is 304 g/mol. The number of nitrogens with zero attached hydrogens (tertiary/aromatic N) is 3. The molecule has 0 aliphatic rings. The highest BCUT2D eigenvalue weighted by Gasteiger charge is 2.17. The largest absolute Gasteiger partial charge is 0.342 e. The van der Waals surface area contributed by atoms with Gasteiger partial charge in [-0.2, -0.15) is 0 Å². The molecule has 2 aromatic rings. The topological polar surface area (TPSA) is 55.0 Å². The third kappa shape index (κ3) is 3.80. The normalized spacial score (nSPS) is 11.1. The number of anilines is 1. The zero-order valence-corrected chi connectivity index (χ0v) is 14.1. The number of nitrogens with two attached hydrogens (primary N) is 1. The van der Waals surface area contributed by atoms with Crippen LogP contribution in [0.25, 0.3) is 0 Å². The molecule has 5 heteroatoms. The maximum Gasteiger partial charge on any atom is 0.186 e. The van der Waals surface area contributed by atoms with E-state index in [0.717, 1.165) is 35.3 Å². The van der Waals surface area contributed by atoms with Crippen LogP contribution < -0.4 is 10.6 Å². The molecule has 0 amide bonds. The highest BCUT2D eigenvalue weighted by Crippen LogP contribution is 2.31. The van der Waals surface area contributed by atoms with Crippen molar-refractivity contribution < 1.29 is 0 Å². The van der Waals surface area contributed by atoms with Gasteiger partial charge >= 0.3 is 0 Å². The molecular formula is C16H24N4S. The Hall–Kier alpha value is -1.46. The number of thiazole rings is 1. The Labute approximate surface area is 131 Å². The number of hydrogen-bond donors (Lipinski definition) is 1. The summed E-state index contributed by atoms with van der Waals surface area (Å²) in [5.74, 6) is 0.407. The van der Waals surface area contributed by atoms with Gasteiger partial charge < -0.3 is 10.6 Å². The summed E-state index contributed by atoms with van der Waals surface area (Å²) in [6, 6.07) is 6.14. The summed E-state index contributed by atoms with van der Waals surface area (Å²) in [6.07, 6.45) is 0. The van der Waals surface area contributed by atoms with Crippen molar-refractivity contribution in [3.63, 3.8) is 0 Å². The van der Waals surface area contributed by atoms with E-state index in [1.54, 1.807) is 11.3 Å². The van der Waals surface area contributed by atoms with Crippen molar-refractivity contribution >= 4 is 16.5 Å². The fourth-order valence-electron chi connectivity index (χ4n) is 2.28. The first-order valence-electron chi connectivity index (χ1n) is 7.42. The molecule has 0 radical (unpaired) electrons. The maximum atomic E-state index is 5.86. The van der Waals surface area contributed by atoms with Crippen molar-refractivity contribution in [1.82, 2.24) is 9.97 Å². The van der Waals surface area contributed by atoms with E-state index in [9.17, 15) is 0 Å². The second-order valence-corrected chi connectivity index (χ2v) is 6.51. The third-order valence-electron chi connectivity index (χ3n) is 3.40. The Morgan fingerprint density at radius 2 is 2.05 bits per heavy atom. The zero-order valence-electron chi connectivity index (χ0n) is 13.3. The number of aryl methyl sites for hydroxylation is 1. The van der Waals surface area contributed by atoms with Crippen molar-refractivity contribution in [2.75, 3.05) is 11.4 Å². The molecule has 2 aromatic heterocycles. The fraction of sp³-hybridized carbons (Fsp3) is 0.500. The van der Waals surface area contributed by atoms with Gasteiger partial charge in [-0.15, -0.1) is 11.3 Å². The molecule has 2 rings (SSSR count). The van der Waals surface area contributed by atoms with Crippen molar-refractivity contribution in [2.45, 2.75) is 46.7 Å². The molecule has 0 unspecified atom stereocenters. The van der Waals surface area contributed by atoms with Crippen molar-refractivity contribution in [2.24, 2.45) is 5.73 Å². The second-order valence-electron chi connectivity index (χ2n) is 5.45. The van der Waals surface area contributed by atoms with Gasteiger partial charge in [-0.1, -0.05) is 19.9 Å². The first kappa shape index (κ1) is 15.9. The van der Waals surface area contributed by atoms with Gasteiger partial charge in [0.2, 0.25) is 0 Å². The lowest BCUT2D eigenvalue weighted by Gasteiger charge is -2.19. The van der Waals surface area contributed by atoms with Gasteiger partial charge in [0, 0.05) is 23.7 Å². The SMILES string of the molecule is CCN(Cc1cccc(C)n1)c1nc(C(C)C)c(CN)s1. The zero-order chi connectivity index (χ0) is 15.4. The molecule has 0 aliphatic carbocycles. The Morgan fingerprint density at radius 1 is 1.29 bits per heavy atom. The molecule has 4 nitrogen and oxygen atoms in total. The molecule has 2 N–H and O–H groups in total. The molecule has 21 heavy (non-hydrogen) atoms. The summed E-state index contributed by atoms with van der Waals surface area (Å²) in [5.41, 5.74) is 9.11. The van der Waals surface area contributed by atoms with E-state index >= 15 is 0 Å². The van der Waals surface area contributed by atoms with Gasteiger partial charge in [0.1, 0.15) is 0 Å². The van der Waals surface area contributed by atoms with Crippen molar-refractivity contribution in [1.29, 1.82) is 0 Å². The van der Waals surface area contributed by atoms with E-state index in [1.807, 2.05) is 13.0 Å². The van der Waals surface area contributed by atoms with Crippen LogP contribution in [-0.4, -0.2) is 16.5 Å². The van der Waals surface area contributed by atoms with Crippen LogP contribution in [0.1, 0.15) is 48.6 Å². The third-order valence-corrected chi connectivity index (χ3v) is 4.55. The van der Waals surface area contributed by atoms with E-state index in [-0.39, 0.29) is 0 Å². The number of aromatic nitrogens is 2. The maximum absolute atomic E-state index is 5.86. The van der Waals surface area contributed by atoms with E-state index in [0.29, 0.717) is 12.5 Å². The summed E-state index contributed by atoms with van der Waals surface area (Å²) in [6.45, 7) is 10.7. The van der Waals surface area contributed by atoms with Crippen LogP contribution in [0.5, 0.6) is 0 Å². The minimum Gasteiger partial charge on any atom is -0.342 e. The monoisotopic (exact) mass is 304 g/mol. The lowest BCUT2D eigenvalue weighted by Crippen LogP contribution is -2.22. The number of rotatable bonds is 6. The predicted octanol–water partition coefficient (Wildman–Crippen LogP) is 3.46. The lowest BCUT2D eigenvalue weighted by molar-refractivity contribution is 0.777. The van der Waals surface area contributed by atoms with Gasteiger partial charge in [0.15, 0.2) is 5.13 Å². The highest BCUT2D eigenvalue weighted by atomic mass is 32.1. The van der Waals surface area contributed by atoms with Gasteiger partial charge in [-0.05, 0) is 31.9 Å². The van der Waals surface area contributed by atoms with Gasteiger partial charge in [-0.25, -0.2) is 4.98 Å². The molecule has 0 atom stereocenters. The van der Waals surface area contributed by atoms with Gasteiger partial charge in [0.25, 0.3) is 0 Å². The summed E-state index contributed by atoms with van der Waals surface area (Å²) < 4.78 is 0. The quantitative estimate of drug-likeness (QED) is 0.888. The summed E-state index contributed by atoms with van der Waals surface area (Å²) >= 11 is 1.71. The molecular weight excluding hydrogens is 280 g/mol. The first-order chi connectivity index (χ1) is 10.0. The minimum absolute atomic E-state index is 0.407. The average Bonchev–Trinajstić information content (AvgIpc) is 2.89. The van der Waals surface area contributed by atoms with Crippen LogP contribution in [0.2, 0.25) is 0 Å². The molecule has 0 bridgehead atoms. The predicted molar refractivity (Wildman–Crippen MR) is 89.8 cm³/mol. The Bertz CT molecular complexity index is 592. The van der Waals surface area contributed by atoms with Crippen LogP contribution in [-0.2, 0) is 13.1 Å². The van der Waals surface area contributed by atoms with Crippen LogP contribution in [0, 0.1) is 6.92 Å². The van der Waals surface area contributed by atoms with Crippen molar-refractivity contribution in [3.05, 3.63) is 40.2 Å². The molecule has 0 aliphatic heterocycles. The fourth-order valence-corrected chi connectivity index (χ4v) is 3.44. The molecule has 2 heterocycles. The Balaban J connectivity index is 2.25. The number of pyridine rings is 1. The Morgan fingerprint density at radius 3 is 2.57 bits per heavy atom. The number of hydrogen-bond acceptors (Lipinski definition) is 5. The minimum atomic E-state index is 0.407. The van der Waals surface area contributed by atoms with Crippen LogP contribution in [0.15, 0.2) is 18.2 Å². The first-order valence-corrected chi connectivity index (χ1v) is 8.24. The smallest absolute Gasteiger partial charge is 0.186 e. The lowest BCUT2D eigenvalue weighted by atomic mass is 10.1. The van der Waals surface area contributed by atoms with Crippen LogP contribution in [0.3, 0.4) is 0 Å². The summed E-state index contributed by atoms with van der Waals surface area (Å²) in [5, 5.41) is 1.05. The molecule has 0 spiro atoms. The van der Waals surface area contributed by atoms with E-state index in [1.165, 1.54) is 4.88 Å². The van der Waals surface area contributed by atoms with Gasteiger partial charge in [-0.3, -0.25) is 4.98 Å². The van der Waals surface area contributed by atoms with Crippen LogP contribution >= 0.6 is 11.3 Å². The van der Waals surface area contributed by atoms with Crippen LogP contribution in [0.4, 0.5) is 5.13 Å². The van der Waals surface area contributed by atoms with E-state index in [2.05, 4.69) is 42.8 Å². The van der Waals surface area contributed by atoms with E-state index in [4.69, 9.17) is 10.7 Å².